The Morgan fingerprint density at radius 2 is 2.27 bits per heavy atom. The van der Waals surface area contributed by atoms with Crippen LogP contribution in [-0.2, 0) is 4.79 Å². The van der Waals surface area contributed by atoms with E-state index in [2.05, 4.69) is 0 Å². The van der Waals surface area contributed by atoms with Crippen molar-refractivity contribution in [1.29, 1.82) is 0 Å². The predicted octanol–water partition coefficient (Wildman–Crippen LogP) is 2.76. The van der Waals surface area contributed by atoms with Gasteiger partial charge in [-0.1, -0.05) is 6.42 Å². The van der Waals surface area contributed by atoms with Crippen LogP contribution in [0.2, 0.25) is 0 Å². The first-order valence-electron chi connectivity index (χ1n) is 4.43. The Labute approximate surface area is 73.1 Å². The molecule has 0 heterocycles. The van der Waals surface area contributed by atoms with Crippen LogP contribution >= 0.6 is 11.6 Å². The summed E-state index contributed by atoms with van der Waals surface area (Å²) in [6.45, 7) is 0. The van der Waals surface area contributed by atoms with E-state index in [1.165, 1.54) is 6.42 Å². The third-order valence-electron chi connectivity index (χ3n) is 2.37. The van der Waals surface area contributed by atoms with Crippen LogP contribution in [0.5, 0.6) is 0 Å². The Morgan fingerprint density at radius 1 is 1.45 bits per heavy atom. The zero-order valence-corrected chi connectivity index (χ0v) is 7.57. The topological polar surface area (TPSA) is 17.1 Å². The number of ketones is 1. The van der Waals surface area contributed by atoms with Gasteiger partial charge >= 0.3 is 0 Å². The van der Waals surface area contributed by atoms with Crippen LogP contribution in [0.15, 0.2) is 0 Å². The molecule has 0 N–H and O–H groups in total. The van der Waals surface area contributed by atoms with Crippen LogP contribution in [0.25, 0.3) is 0 Å². The Hall–Kier alpha value is -0.0400. The van der Waals surface area contributed by atoms with Crippen molar-refractivity contribution in [2.75, 3.05) is 5.88 Å². The fraction of sp³-hybridized carbons (Fsp3) is 0.889. The van der Waals surface area contributed by atoms with Crippen LogP contribution in [0.1, 0.15) is 38.5 Å². The van der Waals surface area contributed by atoms with Gasteiger partial charge in [-0.15, -0.1) is 11.6 Å². The smallest absolute Gasteiger partial charge is 0.135 e. The number of hydrogen-bond acceptors (Lipinski definition) is 1. The van der Waals surface area contributed by atoms with E-state index in [9.17, 15) is 4.79 Å². The van der Waals surface area contributed by atoms with Gasteiger partial charge < -0.3 is 0 Å². The molecule has 1 rings (SSSR count). The lowest BCUT2D eigenvalue weighted by Crippen LogP contribution is -2.18. The van der Waals surface area contributed by atoms with E-state index in [4.69, 9.17) is 11.6 Å². The molecule has 1 aliphatic rings. The minimum atomic E-state index is 0.350. The number of hydrogen-bond donors (Lipinski definition) is 0. The number of halogens is 1. The van der Waals surface area contributed by atoms with Crippen molar-refractivity contribution in [1.82, 2.24) is 0 Å². The summed E-state index contributed by atoms with van der Waals surface area (Å²) in [5.74, 6) is 1.52. The van der Waals surface area contributed by atoms with E-state index in [1.807, 2.05) is 0 Å². The molecule has 0 aromatic rings. The molecule has 0 aromatic heterocycles. The molecular formula is C9H15ClO. The van der Waals surface area contributed by atoms with Gasteiger partial charge in [0.2, 0.25) is 0 Å². The molecule has 1 fully saturated rings. The van der Waals surface area contributed by atoms with Crippen molar-refractivity contribution in [2.45, 2.75) is 38.5 Å². The number of carbonyl (C=O) groups is 1. The van der Waals surface area contributed by atoms with Gasteiger partial charge in [0, 0.05) is 18.2 Å². The van der Waals surface area contributed by atoms with E-state index in [1.54, 1.807) is 0 Å². The Balaban J connectivity index is 2.24. The summed E-state index contributed by atoms with van der Waals surface area (Å²) in [6.07, 6.45) is 6.28. The Bertz CT molecular complexity index is 134. The van der Waals surface area contributed by atoms with Crippen LogP contribution in [0, 0.1) is 5.92 Å². The standard InChI is InChI=1S/C9H15ClO/c10-7-3-5-8-4-1-2-6-9(8)11/h8H,1-7H2. The lowest BCUT2D eigenvalue weighted by Gasteiger charge is -2.19. The first-order valence-corrected chi connectivity index (χ1v) is 4.96. The zero-order valence-electron chi connectivity index (χ0n) is 6.81. The third-order valence-corrected chi connectivity index (χ3v) is 2.63. The molecule has 0 aliphatic heterocycles. The molecule has 0 radical (unpaired) electrons. The van der Waals surface area contributed by atoms with Crippen LogP contribution in [0.4, 0.5) is 0 Å². The van der Waals surface area contributed by atoms with Crippen molar-refractivity contribution in [3.05, 3.63) is 0 Å². The van der Waals surface area contributed by atoms with Crippen molar-refractivity contribution < 1.29 is 4.79 Å². The van der Waals surface area contributed by atoms with Crippen molar-refractivity contribution in [3.8, 4) is 0 Å². The number of Topliss-reactive ketones (excluding diaryl/α,β-unsaturated/α-hetero) is 1. The van der Waals surface area contributed by atoms with Crippen molar-refractivity contribution in [3.63, 3.8) is 0 Å². The molecular weight excluding hydrogens is 160 g/mol. The van der Waals surface area contributed by atoms with Crippen LogP contribution in [0.3, 0.4) is 0 Å². The summed E-state index contributed by atoms with van der Waals surface area (Å²) >= 11 is 5.56. The van der Waals surface area contributed by atoms with Gasteiger partial charge in [-0.3, -0.25) is 4.79 Å². The average molecular weight is 175 g/mol. The lowest BCUT2D eigenvalue weighted by atomic mass is 9.85. The van der Waals surface area contributed by atoms with E-state index in [0.717, 1.165) is 32.1 Å². The zero-order chi connectivity index (χ0) is 8.10. The maximum absolute atomic E-state index is 11.3. The Morgan fingerprint density at radius 3 is 2.91 bits per heavy atom. The SMILES string of the molecule is O=C1CCCCC1CCCCl. The van der Waals surface area contributed by atoms with Gasteiger partial charge in [0.25, 0.3) is 0 Å². The highest BCUT2D eigenvalue weighted by Crippen LogP contribution is 2.24. The number of alkyl halides is 1. The molecule has 1 nitrogen and oxygen atoms in total. The van der Waals surface area contributed by atoms with E-state index in [0.29, 0.717) is 17.6 Å². The first-order chi connectivity index (χ1) is 5.34. The Kier molecular flexibility index (Phi) is 3.92. The molecule has 1 atom stereocenters. The highest BCUT2D eigenvalue weighted by Gasteiger charge is 2.20. The summed E-state index contributed by atoms with van der Waals surface area (Å²) in [4.78, 5) is 11.3. The summed E-state index contributed by atoms with van der Waals surface area (Å²) < 4.78 is 0. The molecule has 1 saturated carbocycles. The maximum Gasteiger partial charge on any atom is 0.135 e. The minimum absolute atomic E-state index is 0.350. The molecule has 64 valence electrons. The molecule has 1 aliphatic carbocycles. The van der Waals surface area contributed by atoms with Crippen LogP contribution in [-0.4, -0.2) is 11.7 Å². The summed E-state index contributed by atoms with van der Waals surface area (Å²) in [7, 11) is 0. The van der Waals surface area contributed by atoms with Gasteiger partial charge in [0.1, 0.15) is 5.78 Å². The van der Waals surface area contributed by atoms with Gasteiger partial charge in [-0.25, -0.2) is 0 Å². The largest absolute Gasteiger partial charge is 0.299 e. The second-order valence-corrected chi connectivity index (χ2v) is 3.62. The number of carbonyl (C=O) groups excluding carboxylic acids is 1. The first kappa shape index (κ1) is 9.05. The quantitative estimate of drug-likeness (QED) is 0.602. The maximum atomic E-state index is 11.3. The third kappa shape index (κ3) is 2.82. The normalized spacial score (nSPS) is 25.5. The van der Waals surface area contributed by atoms with Crippen molar-refractivity contribution in [2.24, 2.45) is 5.92 Å². The molecule has 2 heteroatoms. The predicted molar refractivity (Wildman–Crippen MR) is 46.9 cm³/mol. The molecule has 11 heavy (non-hydrogen) atoms. The van der Waals surface area contributed by atoms with E-state index >= 15 is 0 Å². The fourth-order valence-corrected chi connectivity index (χ4v) is 1.84. The average Bonchev–Trinajstić information content (AvgIpc) is 2.03. The molecule has 0 aromatic carbocycles. The molecule has 0 amide bonds. The summed E-state index contributed by atoms with van der Waals surface area (Å²) in [5.41, 5.74) is 0. The highest BCUT2D eigenvalue weighted by atomic mass is 35.5. The molecule has 0 bridgehead atoms. The lowest BCUT2D eigenvalue weighted by molar-refractivity contribution is -0.124. The van der Waals surface area contributed by atoms with E-state index < -0.39 is 0 Å². The van der Waals surface area contributed by atoms with Gasteiger partial charge in [0.05, 0.1) is 0 Å². The van der Waals surface area contributed by atoms with Gasteiger partial charge in [-0.05, 0) is 25.7 Å². The fourth-order valence-electron chi connectivity index (χ4n) is 1.68. The molecule has 0 saturated heterocycles. The minimum Gasteiger partial charge on any atom is -0.299 e. The monoisotopic (exact) mass is 174 g/mol. The van der Waals surface area contributed by atoms with Gasteiger partial charge in [-0.2, -0.15) is 0 Å². The van der Waals surface area contributed by atoms with Crippen LogP contribution < -0.4 is 0 Å². The second kappa shape index (κ2) is 4.76. The molecule has 1 unspecified atom stereocenters. The van der Waals surface area contributed by atoms with Crippen molar-refractivity contribution >= 4 is 17.4 Å². The number of rotatable bonds is 3. The van der Waals surface area contributed by atoms with E-state index in [-0.39, 0.29) is 0 Å². The van der Waals surface area contributed by atoms with Gasteiger partial charge in [0.15, 0.2) is 0 Å². The highest BCUT2D eigenvalue weighted by molar-refractivity contribution is 6.17. The molecule has 0 spiro atoms. The summed E-state index contributed by atoms with van der Waals surface area (Å²) in [5, 5.41) is 0. The summed E-state index contributed by atoms with van der Waals surface area (Å²) in [6, 6.07) is 0. The second-order valence-electron chi connectivity index (χ2n) is 3.24.